The molecule has 0 rings (SSSR count). The third-order valence-corrected chi connectivity index (χ3v) is 22.0. The molecule has 618 valence electrons. The van der Waals surface area contributed by atoms with Gasteiger partial charge in [-0.25, -0.2) is 9.13 Å². The second kappa shape index (κ2) is 79.2. The lowest BCUT2D eigenvalue weighted by Crippen LogP contribution is -2.30. The number of ether oxygens (including phenoxy) is 4. The highest BCUT2D eigenvalue weighted by atomic mass is 31.2. The molecule has 5 atom stereocenters. The fraction of sp³-hybridized carbons (Fsp3) is 0.953. The molecule has 0 radical (unpaired) electrons. The second-order valence-corrected chi connectivity index (χ2v) is 33.5. The van der Waals surface area contributed by atoms with Gasteiger partial charge in [-0.15, -0.1) is 0 Å². The molecule has 0 aromatic rings. The minimum absolute atomic E-state index is 0.109. The van der Waals surface area contributed by atoms with Gasteiger partial charge in [-0.05, 0) is 25.7 Å². The van der Waals surface area contributed by atoms with Crippen LogP contribution in [-0.4, -0.2) is 96.7 Å². The van der Waals surface area contributed by atoms with Crippen molar-refractivity contribution in [2.45, 2.75) is 483 Å². The van der Waals surface area contributed by atoms with Crippen LogP contribution in [0, 0.1) is 0 Å². The van der Waals surface area contributed by atoms with Crippen molar-refractivity contribution >= 4 is 39.5 Å². The molecule has 0 bridgehead atoms. The number of rotatable bonds is 86. The Hall–Kier alpha value is -1.94. The van der Waals surface area contributed by atoms with E-state index in [0.29, 0.717) is 25.7 Å². The van der Waals surface area contributed by atoms with Gasteiger partial charge in [0, 0.05) is 25.7 Å². The van der Waals surface area contributed by atoms with Crippen LogP contribution in [0.1, 0.15) is 464 Å². The maximum Gasteiger partial charge on any atom is 0.472 e. The summed E-state index contributed by atoms with van der Waals surface area (Å²) in [4.78, 5) is 73.1. The summed E-state index contributed by atoms with van der Waals surface area (Å²) in [6, 6.07) is 0. The van der Waals surface area contributed by atoms with Crippen molar-refractivity contribution in [3.05, 3.63) is 0 Å². The fourth-order valence-electron chi connectivity index (χ4n) is 13.3. The van der Waals surface area contributed by atoms with E-state index in [1.54, 1.807) is 0 Å². The lowest BCUT2D eigenvalue weighted by Gasteiger charge is -2.21. The van der Waals surface area contributed by atoms with Gasteiger partial charge in [0.25, 0.3) is 0 Å². The number of esters is 4. The lowest BCUT2D eigenvalue weighted by atomic mass is 10.0. The maximum atomic E-state index is 13.1. The van der Waals surface area contributed by atoms with Gasteiger partial charge in [0.1, 0.15) is 19.3 Å². The highest BCUT2D eigenvalue weighted by Crippen LogP contribution is 2.45. The van der Waals surface area contributed by atoms with Crippen molar-refractivity contribution in [1.82, 2.24) is 0 Å². The normalized spacial score (nSPS) is 13.7. The van der Waals surface area contributed by atoms with Gasteiger partial charge in [-0.1, -0.05) is 413 Å². The summed E-state index contributed by atoms with van der Waals surface area (Å²) in [6.45, 7) is 5.03. The molecule has 19 heteroatoms. The van der Waals surface area contributed by atoms with Crippen LogP contribution in [0.25, 0.3) is 0 Å². The quantitative estimate of drug-likeness (QED) is 0.0222. The Kier molecular flexibility index (Phi) is 77.7. The fourth-order valence-corrected chi connectivity index (χ4v) is 14.9. The van der Waals surface area contributed by atoms with Gasteiger partial charge < -0.3 is 33.8 Å². The number of hydrogen-bond donors (Lipinski definition) is 3. The second-order valence-electron chi connectivity index (χ2n) is 30.6. The smallest absolute Gasteiger partial charge is 0.462 e. The first-order valence-corrected chi connectivity index (χ1v) is 47.3. The summed E-state index contributed by atoms with van der Waals surface area (Å²) in [6.07, 6.45) is 73.7. The van der Waals surface area contributed by atoms with Crippen molar-refractivity contribution < 1.29 is 80.2 Å². The van der Waals surface area contributed by atoms with Gasteiger partial charge in [0.2, 0.25) is 0 Å². The molecule has 0 spiro atoms. The molecule has 0 heterocycles. The topological polar surface area (TPSA) is 237 Å². The Labute approximate surface area is 638 Å². The molecule has 0 saturated carbocycles. The van der Waals surface area contributed by atoms with Crippen molar-refractivity contribution in [2.24, 2.45) is 0 Å². The molecule has 104 heavy (non-hydrogen) atoms. The van der Waals surface area contributed by atoms with Gasteiger partial charge in [0.15, 0.2) is 12.2 Å². The first-order valence-electron chi connectivity index (χ1n) is 44.3. The van der Waals surface area contributed by atoms with Crippen LogP contribution >= 0.6 is 15.6 Å². The number of aliphatic hydroxyl groups is 1. The number of hydrogen-bond acceptors (Lipinski definition) is 15. The van der Waals surface area contributed by atoms with E-state index < -0.39 is 97.5 Å². The molecule has 0 fully saturated rings. The van der Waals surface area contributed by atoms with Crippen LogP contribution in [0.5, 0.6) is 0 Å². The minimum atomic E-state index is -4.96. The summed E-state index contributed by atoms with van der Waals surface area (Å²) >= 11 is 0. The van der Waals surface area contributed by atoms with E-state index in [9.17, 15) is 43.2 Å². The lowest BCUT2D eigenvalue weighted by molar-refractivity contribution is -0.161. The molecule has 17 nitrogen and oxygen atoms in total. The van der Waals surface area contributed by atoms with E-state index in [-0.39, 0.29) is 25.7 Å². The molecular weight excluding hydrogens is 1350 g/mol. The van der Waals surface area contributed by atoms with Crippen LogP contribution in [0.4, 0.5) is 0 Å². The summed E-state index contributed by atoms with van der Waals surface area (Å²) in [5.41, 5.74) is 0. The van der Waals surface area contributed by atoms with E-state index in [0.717, 1.165) is 89.9 Å². The number of unbranched alkanes of at least 4 members (excludes halogenated alkanes) is 60. The average Bonchev–Trinajstić information content (AvgIpc) is 0.926. The summed E-state index contributed by atoms with van der Waals surface area (Å²) in [5, 5.41) is 10.7. The zero-order chi connectivity index (χ0) is 76.0. The molecule has 0 aromatic heterocycles. The predicted molar refractivity (Wildman–Crippen MR) is 428 cm³/mol. The Balaban J connectivity index is 5.18. The molecule has 0 aromatic carbocycles. The Morgan fingerprint density at radius 1 is 0.231 bits per heavy atom. The zero-order valence-corrected chi connectivity index (χ0v) is 69.8. The highest BCUT2D eigenvalue weighted by Gasteiger charge is 2.30. The number of carbonyl (C=O) groups is 4. The van der Waals surface area contributed by atoms with Gasteiger partial charge >= 0.3 is 39.5 Å². The van der Waals surface area contributed by atoms with E-state index >= 15 is 0 Å². The third-order valence-electron chi connectivity index (χ3n) is 20.1. The molecule has 2 unspecified atom stereocenters. The Morgan fingerprint density at radius 2 is 0.385 bits per heavy atom. The van der Waals surface area contributed by atoms with Crippen LogP contribution < -0.4 is 0 Å². The average molecular weight is 1520 g/mol. The van der Waals surface area contributed by atoms with Gasteiger partial charge in [0.05, 0.1) is 26.4 Å². The Bertz CT molecular complexity index is 1960. The van der Waals surface area contributed by atoms with E-state index in [1.807, 2.05) is 0 Å². The van der Waals surface area contributed by atoms with Gasteiger partial charge in [-0.2, -0.15) is 0 Å². The molecular formula is C85H166O17P2. The monoisotopic (exact) mass is 1520 g/mol. The van der Waals surface area contributed by atoms with Crippen molar-refractivity contribution in [2.75, 3.05) is 39.6 Å². The third kappa shape index (κ3) is 78.2. The maximum absolute atomic E-state index is 13.1. The Morgan fingerprint density at radius 3 is 0.567 bits per heavy atom. The molecule has 0 amide bonds. The van der Waals surface area contributed by atoms with Crippen LogP contribution in [0.15, 0.2) is 0 Å². The highest BCUT2D eigenvalue weighted by molar-refractivity contribution is 7.47. The first-order chi connectivity index (χ1) is 50.7. The predicted octanol–water partition coefficient (Wildman–Crippen LogP) is 26.1. The van der Waals surface area contributed by atoms with Crippen molar-refractivity contribution in [1.29, 1.82) is 0 Å². The summed E-state index contributed by atoms with van der Waals surface area (Å²) in [5.74, 6) is -2.10. The SMILES string of the molecule is CCCCCCCCCCCCCCCCCCCCCC(=O)OC[C@H](COP(=O)(O)OC[C@@H](O)COP(=O)(O)OC[C@@H](COC(=O)CCCCCCCCCC)OC(=O)CCCCCCCCCCCCCCCCCCCC)OC(=O)CCCCCCCCCCCCCCCCCCCCC. The van der Waals surface area contributed by atoms with Crippen LogP contribution in [0.3, 0.4) is 0 Å². The molecule has 0 aliphatic carbocycles. The molecule has 0 saturated heterocycles. The number of phosphoric acid groups is 2. The van der Waals surface area contributed by atoms with E-state index in [1.165, 1.54) is 295 Å². The van der Waals surface area contributed by atoms with Crippen molar-refractivity contribution in [3.63, 3.8) is 0 Å². The summed E-state index contributed by atoms with van der Waals surface area (Å²) < 4.78 is 68.8. The molecule has 3 N–H and O–H groups in total. The standard InChI is InChI=1S/C85H166O17P2/c1-5-9-13-17-21-25-28-31-34-37-40-43-45-48-51-54-58-62-66-70-83(88)96-76-81(102-85(90)72-68-64-60-56-53-50-47-44-41-38-35-32-29-26-22-18-14-10-6-2)78-100-104(93,94)98-74-79(86)73-97-103(91,92)99-77-80(75-95-82(87)69-65-61-57-24-20-16-12-8-4)101-84(89)71-67-63-59-55-52-49-46-42-39-36-33-30-27-23-19-15-11-7-3/h79-81,86H,5-78H2,1-4H3,(H,91,92)(H,93,94)/t79-,80+,81+/m0/s1. The van der Waals surface area contributed by atoms with Crippen LogP contribution in [0.2, 0.25) is 0 Å². The molecule has 0 aliphatic rings. The van der Waals surface area contributed by atoms with Gasteiger partial charge in [-0.3, -0.25) is 37.3 Å². The zero-order valence-electron chi connectivity index (χ0n) is 68.0. The summed E-state index contributed by atoms with van der Waals surface area (Å²) in [7, 11) is -9.92. The number of carbonyl (C=O) groups excluding carboxylic acids is 4. The van der Waals surface area contributed by atoms with E-state index in [4.69, 9.17) is 37.0 Å². The van der Waals surface area contributed by atoms with Crippen molar-refractivity contribution in [3.8, 4) is 0 Å². The number of phosphoric ester groups is 2. The number of aliphatic hydroxyl groups excluding tert-OH is 1. The van der Waals surface area contributed by atoms with E-state index in [2.05, 4.69) is 27.7 Å². The molecule has 0 aliphatic heterocycles. The van der Waals surface area contributed by atoms with Crippen LogP contribution in [-0.2, 0) is 65.4 Å². The largest absolute Gasteiger partial charge is 0.472 e. The first kappa shape index (κ1) is 102. The minimum Gasteiger partial charge on any atom is -0.462 e.